The molecule has 1 aliphatic rings. The second-order valence-corrected chi connectivity index (χ2v) is 3.10. The highest BCUT2D eigenvalue weighted by atomic mass is 16.4. The Morgan fingerprint density at radius 2 is 1.93 bits per heavy atom. The molecule has 0 saturated heterocycles. The molecule has 1 heterocycles. The van der Waals surface area contributed by atoms with Crippen molar-refractivity contribution in [3.8, 4) is 0 Å². The average Bonchev–Trinajstić information content (AvgIpc) is 2.60. The number of hydrogen-bond donors (Lipinski definition) is 2. The van der Waals surface area contributed by atoms with Crippen LogP contribution in [-0.4, -0.2) is 28.7 Å². The van der Waals surface area contributed by atoms with E-state index in [2.05, 4.69) is 4.99 Å². The second-order valence-electron chi connectivity index (χ2n) is 3.10. The molecule has 0 aromatic heterocycles. The first-order valence-corrected chi connectivity index (χ1v) is 4.24. The fourth-order valence-corrected chi connectivity index (χ4v) is 1.59. The highest BCUT2D eigenvalue weighted by molar-refractivity contribution is 6.10. The number of aliphatic carboxylic acids is 1. The molecule has 0 radical (unpaired) electrons. The highest BCUT2D eigenvalue weighted by Gasteiger charge is 2.18. The minimum atomic E-state index is -1.14. The van der Waals surface area contributed by atoms with Crippen LogP contribution >= 0.6 is 0 Å². The first kappa shape index (κ1) is 9.39. The van der Waals surface area contributed by atoms with Crippen molar-refractivity contribution in [2.75, 3.05) is 6.54 Å². The van der Waals surface area contributed by atoms with Crippen LogP contribution in [-0.2, 0) is 4.79 Å². The molecular formula is C10H7NO4. The van der Waals surface area contributed by atoms with Gasteiger partial charge in [0.2, 0.25) is 0 Å². The van der Waals surface area contributed by atoms with Crippen LogP contribution in [0.1, 0.15) is 10.4 Å². The van der Waals surface area contributed by atoms with E-state index in [9.17, 15) is 9.59 Å². The lowest BCUT2D eigenvalue weighted by molar-refractivity contribution is -0.130. The summed E-state index contributed by atoms with van der Waals surface area (Å²) >= 11 is 0. The molecule has 0 bridgehead atoms. The van der Waals surface area contributed by atoms with Gasteiger partial charge in [-0.1, -0.05) is 6.07 Å². The van der Waals surface area contributed by atoms with Crippen LogP contribution in [0.15, 0.2) is 23.2 Å². The van der Waals surface area contributed by atoms with Gasteiger partial charge >= 0.3 is 11.9 Å². The normalized spacial score (nSPS) is 13.2. The minimum absolute atomic E-state index is 0.00819. The molecule has 0 saturated carbocycles. The van der Waals surface area contributed by atoms with Crippen molar-refractivity contribution in [2.24, 2.45) is 4.99 Å². The first-order valence-electron chi connectivity index (χ1n) is 4.24. The maximum absolute atomic E-state index is 10.9. The van der Waals surface area contributed by atoms with Crippen LogP contribution in [0.25, 0.3) is 5.57 Å². The van der Waals surface area contributed by atoms with Gasteiger partial charge in [-0.2, -0.15) is 0 Å². The molecule has 2 rings (SSSR count). The fraction of sp³-hybridized carbons (Fsp3) is 0.100. The Kier molecular flexibility index (Phi) is 2.00. The first-order chi connectivity index (χ1) is 7.11. The Morgan fingerprint density at radius 1 is 1.20 bits per heavy atom. The maximum atomic E-state index is 10.9. The summed E-state index contributed by atoms with van der Waals surface area (Å²) in [5.41, 5.74) is 0.0363. The number of carboxylic acids is 2. The summed E-state index contributed by atoms with van der Waals surface area (Å²) in [4.78, 5) is 25.7. The summed E-state index contributed by atoms with van der Waals surface area (Å²) in [5, 5.41) is 18.4. The molecule has 0 aliphatic carbocycles. The monoisotopic (exact) mass is 205 g/mol. The fourth-order valence-electron chi connectivity index (χ4n) is 1.59. The van der Waals surface area contributed by atoms with Crippen LogP contribution in [0.2, 0.25) is 0 Å². The molecule has 2 N–H and O–H groups in total. The number of aromatic carboxylic acids is 1. The Bertz CT molecular complexity index is 574. The third kappa shape index (κ3) is 1.38. The third-order valence-corrected chi connectivity index (χ3v) is 2.24. The molecule has 5 nitrogen and oxygen atoms in total. The van der Waals surface area contributed by atoms with Crippen molar-refractivity contribution >= 4 is 17.5 Å². The van der Waals surface area contributed by atoms with E-state index in [-0.39, 0.29) is 22.9 Å². The molecule has 0 unspecified atom stereocenters. The van der Waals surface area contributed by atoms with E-state index in [0.717, 1.165) is 0 Å². The average molecular weight is 205 g/mol. The molecule has 1 aromatic carbocycles. The van der Waals surface area contributed by atoms with Crippen molar-refractivity contribution < 1.29 is 19.8 Å². The van der Waals surface area contributed by atoms with Gasteiger partial charge in [0.05, 0.1) is 23.0 Å². The van der Waals surface area contributed by atoms with E-state index < -0.39 is 11.9 Å². The molecule has 5 heteroatoms. The Morgan fingerprint density at radius 3 is 2.53 bits per heavy atom. The van der Waals surface area contributed by atoms with Crippen LogP contribution in [0.5, 0.6) is 0 Å². The van der Waals surface area contributed by atoms with Gasteiger partial charge in [-0.05, 0) is 12.1 Å². The summed E-state index contributed by atoms with van der Waals surface area (Å²) in [6.07, 6.45) is 0. The Hall–Kier alpha value is -2.17. The molecule has 0 amide bonds. The number of rotatable bonds is 2. The largest absolute Gasteiger partial charge is 0.478 e. The lowest BCUT2D eigenvalue weighted by atomic mass is 10.1. The maximum Gasteiger partial charge on any atom is 0.336 e. The van der Waals surface area contributed by atoms with Crippen molar-refractivity contribution in [2.45, 2.75) is 0 Å². The number of nitrogens with zero attached hydrogens (tertiary/aromatic N) is 1. The summed E-state index contributed by atoms with van der Waals surface area (Å²) in [7, 11) is 0. The Balaban J connectivity index is 2.91. The molecule has 76 valence electrons. The van der Waals surface area contributed by atoms with Crippen molar-refractivity contribution in [3.05, 3.63) is 34.3 Å². The van der Waals surface area contributed by atoms with Gasteiger partial charge in [-0.15, -0.1) is 0 Å². The van der Waals surface area contributed by atoms with E-state index in [1.165, 1.54) is 6.07 Å². The van der Waals surface area contributed by atoms with Crippen molar-refractivity contribution in [1.82, 2.24) is 0 Å². The summed E-state index contributed by atoms with van der Waals surface area (Å²) in [6, 6.07) is 4.54. The molecule has 1 aromatic rings. The van der Waals surface area contributed by atoms with Crippen LogP contribution in [0.3, 0.4) is 0 Å². The Labute approximate surface area is 84.0 Å². The van der Waals surface area contributed by atoms with Crippen LogP contribution in [0, 0.1) is 0 Å². The van der Waals surface area contributed by atoms with Crippen LogP contribution in [0.4, 0.5) is 0 Å². The van der Waals surface area contributed by atoms with Gasteiger partial charge in [-0.25, -0.2) is 9.59 Å². The molecule has 0 spiro atoms. The smallest absolute Gasteiger partial charge is 0.336 e. The van der Waals surface area contributed by atoms with Crippen molar-refractivity contribution in [1.29, 1.82) is 0 Å². The zero-order valence-electron chi connectivity index (χ0n) is 7.60. The molecule has 0 fully saturated rings. The summed E-state index contributed by atoms with van der Waals surface area (Å²) in [6.45, 7) is 0.0367. The standard InChI is InChI=1S/C10H7NO4/c12-9(13)5-2-1-3-7-8(5)6(4-11-7)10(14)15/h1-3H,4H2,(H,12,13)(H,14,15). The third-order valence-electron chi connectivity index (χ3n) is 2.24. The second kappa shape index (κ2) is 3.20. The molecule has 15 heavy (non-hydrogen) atoms. The number of benzene rings is 1. The number of hydrogen-bond acceptors (Lipinski definition) is 3. The quantitative estimate of drug-likeness (QED) is 0.665. The zero-order chi connectivity index (χ0) is 11.0. The lowest BCUT2D eigenvalue weighted by Gasteiger charge is -1.96. The van der Waals surface area contributed by atoms with Gasteiger partial charge in [0, 0.05) is 5.22 Å². The van der Waals surface area contributed by atoms with Gasteiger partial charge in [0.15, 0.2) is 0 Å². The van der Waals surface area contributed by atoms with Gasteiger partial charge < -0.3 is 10.2 Å². The SMILES string of the molecule is O=C(O)C1=c2c(C(=O)O)cccc2=NC1. The van der Waals surface area contributed by atoms with Crippen molar-refractivity contribution in [3.63, 3.8) is 0 Å². The highest BCUT2D eigenvalue weighted by Crippen LogP contribution is 2.00. The zero-order valence-corrected chi connectivity index (χ0v) is 7.60. The van der Waals surface area contributed by atoms with E-state index in [1.807, 2.05) is 0 Å². The predicted molar refractivity (Wildman–Crippen MR) is 50.1 cm³/mol. The summed E-state index contributed by atoms with van der Waals surface area (Å²) < 4.78 is 0. The number of carboxylic acid groups (broad SMARTS) is 2. The topological polar surface area (TPSA) is 87.0 Å². The van der Waals surface area contributed by atoms with Crippen LogP contribution < -0.4 is 10.6 Å². The molecule has 1 aliphatic heterocycles. The predicted octanol–water partition coefficient (Wildman–Crippen LogP) is -0.747. The van der Waals surface area contributed by atoms with E-state index in [0.29, 0.717) is 5.36 Å². The summed E-state index contributed by atoms with van der Waals surface area (Å²) in [5.74, 6) is -2.26. The minimum Gasteiger partial charge on any atom is -0.478 e. The lowest BCUT2D eigenvalue weighted by Crippen LogP contribution is -2.31. The number of fused-ring (bicyclic) bond motifs is 1. The van der Waals surface area contributed by atoms with Gasteiger partial charge in [0.25, 0.3) is 0 Å². The molecular weight excluding hydrogens is 198 g/mol. The van der Waals surface area contributed by atoms with E-state index >= 15 is 0 Å². The molecule has 0 atom stereocenters. The number of carbonyl (C=O) groups is 2. The van der Waals surface area contributed by atoms with E-state index in [1.54, 1.807) is 12.1 Å². The van der Waals surface area contributed by atoms with Gasteiger partial charge in [0.1, 0.15) is 0 Å². The van der Waals surface area contributed by atoms with E-state index in [4.69, 9.17) is 10.2 Å². The van der Waals surface area contributed by atoms with Gasteiger partial charge in [-0.3, -0.25) is 4.99 Å².